The van der Waals surface area contributed by atoms with E-state index in [4.69, 9.17) is 9.47 Å². The fraction of sp³-hybridized carbons (Fsp3) is 0.619. The van der Waals surface area contributed by atoms with Crippen LogP contribution in [0.15, 0.2) is 18.2 Å². The quantitative estimate of drug-likeness (QED) is 0.883. The number of likely N-dealkylation sites (tertiary alicyclic amines) is 1. The summed E-state index contributed by atoms with van der Waals surface area (Å²) in [6.45, 7) is 4.27. The molecule has 27 heavy (non-hydrogen) atoms. The zero-order valence-electron chi connectivity index (χ0n) is 15.9. The van der Waals surface area contributed by atoms with Crippen LogP contribution in [0.1, 0.15) is 45.4 Å². The average Bonchev–Trinajstić information content (AvgIpc) is 3.16. The van der Waals surface area contributed by atoms with E-state index in [-0.39, 0.29) is 24.5 Å². The van der Waals surface area contributed by atoms with E-state index in [2.05, 4.69) is 12.2 Å². The summed E-state index contributed by atoms with van der Waals surface area (Å²) in [7, 11) is 0. The molecule has 2 amide bonds. The van der Waals surface area contributed by atoms with Crippen LogP contribution in [0, 0.1) is 17.8 Å². The first-order chi connectivity index (χ1) is 13.1. The number of carbonyl (C=O) groups excluding carboxylic acids is 2. The molecule has 1 aromatic rings. The molecule has 0 spiro atoms. The van der Waals surface area contributed by atoms with Gasteiger partial charge < -0.3 is 19.7 Å². The minimum atomic E-state index is -0.0270. The number of fused-ring (bicyclic) bond motifs is 1. The van der Waals surface area contributed by atoms with Crippen LogP contribution in [0.4, 0.5) is 5.69 Å². The molecule has 1 saturated heterocycles. The zero-order chi connectivity index (χ0) is 18.8. The molecule has 1 aromatic carbocycles. The van der Waals surface area contributed by atoms with Gasteiger partial charge in [-0.3, -0.25) is 9.59 Å². The molecule has 1 N–H and O–H groups in total. The van der Waals surface area contributed by atoms with Gasteiger partial charge in [-0.15, -0.1) is 0 Å². The number of hydrogen-bond acceptors (Lipinski definition) is 4. The minimum Gasteiger partial charge on any atom is -0.454 e. The van der Waals surface area contributed by atoms with Crippen molar-refractivity contribution >= 4 is 17.5 Å². The van der Waals surface area contributed by atoms with Gasteiger partial charge in [-0.25, -0.2) is 0 Å². The Kier molecular flexibility index (Phi) is 5.23. The molecule has 2 aliphatic heterocycles. The lowest BCUT2D eigenvalue weighted by Gasteiger charge is -2.35. The van der Waals surface area contributed by atoms with Crippen molar-refractivity contribution < 1.29 is 19.1 Å². The summed E-state index contributed by atoms with van der Waals surface area (Å²) < 4.78 is 10.6. The van der Waals surface area contributed by atoms with Crippen molar-refractivity contribution in [2.45, 2.75) is 45.4 Å². The van der Waals surface area contributed by atoms with E-state index in [1.54, 1.807) is 6.07 Å². The third-order valence-electron chi connectivity index (χ3n) is 6.18. The first kappa shape index (κ1) is 18.1. The van der Waals surface area contributed by atoms with Gasteiger partial charge in [0.15, 0.2) is 11.5 Å². The number of hydrogen-bond donors (Lipinski definition) is 1. The van der Waals surface area contributed by atoms with Gasteiger partial charge in [0.1, 0.15) is 0 Å². The highest BCUT2D eigenvalue weighted by molar-refractivity contribution is 5.93. The highest BCUT2D eigenvalue weighted by Gasteiger charge is 2.33. The molecule has 0 bridgehead atoms. The van der Waals surface area contributed by atoms with E-state index >= 15 is 0 Å². The van der Waals surface area contributed by atoms with E-state index in [0.29, 0.717) is 17.4 Å². The molecule has 0 aromatic heterocycles. The Morgan fingerprint density at radius 2 is 1.63 bits per heavy atom. The summed E-state index contributed by atoms with van der Waals surface area (Å²) in [6, 6.07) is 5.44. The maximum atomic E-state index is 12.7. The summed E-state index contributed by atoms with van der Waals surface area (Å²) in [5, 5.41) is 2.98. The predicted octanol–water partition coefficient (Wildman–Crippen LogP) is 3.42. The topological polar surface area (TPSA) is 67.9 Å². The number of nitrogens with one attached hydrogen (secondary N) is 1. The van der Waals surface area contributed by atoms with E-state index < -0.39 is 0 Å². The summed E-state index contributed by atoms with van der Waals surface area (Å²) in [4.78, 5) is 27.4. The standard InChI is InChI=1S/C21H28N2O4/c1-14-8-10-23(11-9-14)21(25)16-4-2-15(3-5-16)20(24)22-17-6-7-18-19(12-17)27-13-26-18/h6-7,12,14-16H,2-5,8-11,13H2,1H3,(H,22,24). The van der Waals surface area contributed by atoms with Gasteiger partial charge in [-0.1, -0.05) is 6.92 Å². The molecule has 2 fully saturated rings. The lowest BCUT2D eigenvalue weighted by atomic mass is 9.80. The van der Waals surface area contributed by atoms with Gasteiger partial charge in [0, 0.05) is 36.7 Å². The molecule has 0 atom stereocenters. The number of amides is 2. The fourth-order valence-corrected chi connectivity index (χ4v) is 4.31. The van der Waals surface area contributed by atoms with Crippen molar-refractivity contribution in [2.24, 2.45) is 17.8 Å². The van der Waals surface area contributed by atoms with E-state index in [0.717, 1.165) is 63.2 Å². The van der Waals surface area contributed by atoms with Crippen molar-refractivity contribution in [3.8, 4) is 11.5 Å². The van der Waals surface area contributed by atoms with Gasteiger partial charge in [0.2, 0.25) is 18.6 Å². The Hall–Kier alpha value is -2.24. The van der Waals surface area contributed by atoms with Crippen LogP contribution < -0.4 is 14.8 Å². The SMILES string of the molecule is CC1CCN(C(=O)C2CCC(C(=O)Nc3ccc4c(c3)OCO4)CC2)CC1. The molecule has 0 unspecified atom stereocenters. The minimum absolute atomic E-state index is 0.0270. The van der Waals surface area contributed by atoms with Crippen molar-refractivity contribution in [1.82, 2.24) is 4.90 Å². The molecule has 1 aliphatic carbocycles. The van der Waals surface area contributed by atoms with Gasteiger partial charge >= 0.3 is 0 Å². The first-order valence-corrected chi connectivity index (χ1v) is 10.1. The second-order valence-electron chi connectivity index (χ2n) is 8.11. The summed E-state index contributed by atoms with van der Waals surface area (Å²) in [5.74, 6) is 2.50. The molecule has 146 valence electrons. The van der Waals surface area contributed by atoms with Crippen LogP contribution in [0.25, 0.3) is 0 Å². The molecule has 0 radical (unpaired) electrons. The van der Waals surface area contributed by atoms with E-state index in [9.17, 15) is 9.59 Å². The second kappa shape index (κ2) is 7.79. The Morgan fingerprint density at radius 1 is 0.963 bits per heavy atom. The molecule has 1 saturated carbocycles. The maximum Gasteiger partial charge on any atom is 0.231 e. The monoisotopic (exact) mass is 372 g/mol. The van der Waals surface area contributed by atoms with Crippen LogP contribution in [0.3, 0.4) is 0 Å². The summed E-state index contributed by atoms with van der Waals surface area (Å²) in [5.41, 5.74) is 0.727. The van der Waals surface area contributed by atoms with E-state index in [1.165, 1.54) is 0 Å². The molecule has 6 nitrogen and oxygen atoms in total. The highest BCUT2D eigenvalue weighted by atomic mass is 16.7. The lowest BCUT2D eigenvalue weighted by molar-refractivity contribution is -0.139. The number of benzene rings is 1. The Labute approximate surface area is 160 Å². The first-order valence-electron chi connectivity index (χ1n) is 10.1. The van der Waals surface area contributed by atoms with Crippen LogP contribution in [0.5, 0.6) is 11.5 Å². The number of nitrogens with zero attached hydrogens (tertiary/aromatic N) is 1. The van der Waals surface area contributed by atoms with Crippen molar-refractivity contribution in [2.75, 3.05) is 25.2 Å². The summed E-state index contributed by atoms with van der Waals surface area (Å²) >= 11 is 0. The van der Waals surface area contributed by atoms with Crippen LogP contribution in [0.2, 0.25) is 0 Å². The maximum absolute atomic E-state index is 12.7. The van der Waals surface area contributed by atoms with E-state index in [1.807, 2.05) is 17.0 Å². The molecular weight excluding hydrogens is 344 g/mol. The van der Waals surface area contributed by atoms with Gasteiger partial charge in [-0.2, -0.15) is 0 Å². The number of piperidine rings is 1. The number of anilines is 1. The van der Waals surface area contributed by atoms with Gasteiger partial charge in [0.05, 0.1) is 0 Å². The van der Waals surface area contributed by atoms with Crippen molar-refractivity contribution in [1.29, 1.82) is 0 Å². The molecule has 3 aliphatic rings. The number of carbonyl (C=O) groups is 2. The molecular formula is C21H28N2O4. The zero-order valence-corrected chi connectivity index (χ0v) is 15.9. The number of rotatable bonds is 3. The van der Waals surface area contributed by atoms with Crippen LogP contribution in [-0.2, 0) is 9.59 Å². The molecule has 2 heterocycles. The largest absolute Gasteiger partial charge is 0.454 e. The fourth-order valence-electron chi connectivity index (χ4n) is 4.31. The van der Waals surface area contributed by atoms with Gasteiger partial charge in [-0.05, 0) is 56.6 Å². The normalized spacial score (nSPS) is 25.3. The predicted molar refractivity (Wildman–Crippen MR) is 102 cm³/mol. The molecule has 4 rings (SSSR count). The smallest absolute Gasteiger partial charge is 0.231 e. The Morgan fingerprint density at radius 3 is 2.37 bits per heavy atom. The average molecular weight is 372 g/mol. The third-order valence-corrected chi connectivity index (χ3v) is 6.18. The van der Waals surface area contributed by atoms with Crippen molar-refractivity contribution in [3.05, 3.63) is 18.2 Å². The van der Waals surface area contributed by atoms with Crippen LogP contribution >= 0.6 is 0 Å². The summed E-state index contributed by atoms with van der Waals surface area (Å²) in [6.07, 6.45) is 5.39. The Bertz CT molecular complexity index is 704. The lowest BCUT2D eigenvalue weighted by Crippen LogP contribution is -2.42. The number of ether oxygens (including phenoxy) is 2. The van der Waals surface area contributed by atoms with Crippen molar-refractivity contribution in [3.63, 3.8) is 0 Å². The second-order valence-corrected chi connectivity index (χ2v) is 8.11. The highest BCUT2D eigenvalue weighted by Crippen LogP contribution is 2.35. The Balaban J connectivity index is 1.27. The molecule has 6 heteroatoms. The van der Waals surface area contributed by atoms with Crippen LogP contribution in [-0.4, -0.2) is 36.6 Å². The van der Waals surface area contributed by atoms with Gasteiger partial charge in [0.25, 0.3) is 0 Å². The third kappa shape index (κ3) is 4.04.